The number of ether oxygens (including phenoxy) is 2. The average molecular weight is 362 g/mol. The molecule has 2 rings (SSSR count). The molecule has 2 heterocycles. The topological polar surface area (TPSA) is 94.0 Å². The number of carbonyl (C=O) groups is 2. The van der Waals surface area contributed by atoms with Crippen LogP contribution in [-0.4, -0.2) is 46.7 Å². The van der Waals surface area contributed by atoms with E-state index in [0.29, 0.717) is 30.1 Å². The number of imide groups is 1. The predicted octanol–water partition coefficient (Wildman–Crippen LogP) is 2.77. The largest absolute Gasteiger partial charge is 0.479 e. The molecule has 0 spiro atoms. The molecule has 0 bridgehead atoms. The van der Waals surface area contributed by atoms with E-state index in [4.69, 9.17) is 9.47 Å². The molecule has 0 saturated heterocycles. The molecule has 0 aliphatic carbocycles. The van der Waals surface area contributed by atoms with Gasteiger partial charge in [-0.3, -0.25) is 9.59 Å². The van der Waals surface area contributed by atoms with Crippen molar-refractivity contribution in [1.82, 2.24) is 14.9 Å². The fraction of sp³-hybridized carbons (Fsp3) is 0.611. The Morgan fingerprint density at radius 2 is 1.58 bits per heavy atom. The maximum atomic E-state index is 12.2. The zero-order chi connectivity index (χ0) is 19.5. The fourth-order valence-electron chi connectivity index (χ4n) is 3.62. The summed E-state index contributed by atoms with van der Waals surface area (Å²) in [5.41, 5.74) is 0.435. The van der Waals surface area contributed by atoms with Crippen LogP contribution in [0.25, 0.3) is 0 Å². The second-order valence-corrected chi connectivity index (χ2v) is 6.31. The van der Waals surface area contributed by atoms with E-state index in [9.17, 15) is 9.59 Å². The molecule has 0 N–H and O–H groups in total. The zero-order valence-electron chi connectivity index (χ0n) is 16.3. The van der Waals surface area contributed by atoms with E-state index >= 15 is 0 Å². The molecule has 0 radical (unpaired) electrons. The highest BCUT2D eigenvalue weighted by molar-refractivity contribution is 6.17. The normalized spacial score (nSPS) is 14.5. The van der Waals surface area contributed by atoms with Crippen LogP contribution in [0.4, 0.5) is 5.69 Å². The minimum absolute atomic E-state index is 0.172. The Morgan fingerprint density at radius 1 is 1.00 bits per heavy atom. The summed E-state index contributed by atoms with van der Waals surface area (Å²) in [6.07, 6.45) is 3.04. The van der Waals surface area contributed by atoms with Gasteiger partial charge in [-0.05, 0) is 12.8 Å². The first kappa shape index (κ1) is 19.8. The third kappa shape index (κ3) is 3.15. The van der Waals surface area contributed by atoms with Crippen molar-refractivity contribution in [3.8, 4) is 11.9 Å². The lowest BCUT2D eigenvalue weighted by atomic mass is 9.75. The summed E-state index contributed by atoms with van der Waals surface area (Å²) in [5, 5.41) is 0. The van der Waals surface area contributed by atoms with Crippen LogP contribution in [0.15, 0.2) is 4.99 Å². The van der Waals surface area contributed by atoms with E-state index in [1.54, 1.807) is 0 Å². The van der Waals surface area contributed by atoms with Crippen molar-refractivity contribution in [2.24, 2.45) is 4.99 Å². The maximum Gasteiger partial charge on any atom is 0.319 e. The summed E-state index contributed by atoms with van der Waals surface area (Å²) in [4.78, 5) is 39.0. The van der Waals surface area contributed by atoms with Crippen LogP contribution in [0.1, 0.15) is 59.1 Å². The van der Waals surface area contributed by atoms with Crippen molar-refractivity contribution in [3.05, 3.63) is 5.69 Å². The van der Waals surface area contributed by atoms with Gasteiger partial charge in [0, 0.05) is 13.8 Å². The van der Waals surface area contributed by atoms with Crippen LogP contribution in [0, 0.1) is 0 Å². The number of amidine groups is 1. The summed E-state index contributed by atoms with van der Waals surface area (Å²) in [6.45, 7) is 6.82. The molecule has 0 atom stereocenters. The van der Waals surface area contributed by atoms with Crippen molar-refractivity contribution in [3.63, 3.8) is 0 Å². The molecule has 0 saturated carbocycles. The number of carbonyl (C=O) groups excluding carboxylic acids is 2. The molecule has 2 amide bonds. The first-order chi connectivity index (χ1) is 12.4. The third-order valence-corrected chi connectivity index (χ3v) is 4.50. The van der Waals surface area contributed by atoms with Crippen LogP contribution in [-0.2, 0) is 15.0 Å². The molecule has 142 valence electrons. The highest BCUT2D eigenvalue weighted by Gasteiger charge is 2.49. The lowest BCUT2D eigenvalue weighted by molar-refractivity contribution is -0.137. The van der Waals surface area contributed by atoms with E-state index in [-0.39, 0.29) is 23.7 Å². The van der Waals surface area contributed by atoms with Crippen molar-refractivity contribution >= 4 is 23.3 Å². The molecule has 0 fully saturated rings. The fourth-order valence-corrected chi connectivity index (χ4v) is 3.62. The second-order valence-electron chi connectivity index (χ2n) is 6.31. The van der Waals surface area contributed by atoms with Gasteiger partial charge in [0.15, 0.2) is 5.69 Å². The van der Waals surface area contributed by atoms with Crippen LogP contribution in [0.2, 0.25) is 0 Å². The van der Waals surface area contributed by atoms with Crippen LogP contribution >= 0.6 is 0 Å². The number of fused-ring (bicyclic) bond motifs is 1. The zero-order valence-corrected chi connectivity index (χ0v) is 16.3. The van der Waals surface area contributed by atoms with Gasteiger partial charge in [0.1, 0.15) is 5.84 Å². The van der Waals surface area contributed by atoms with E-state index in [1.165, 1.54) is 28.1 Å². The SMILES string of the molecule is CCCC1(CCC)C(N(C(C)=O)C(C)=O)=Nc2c(OC)nc(OC)nc21. The monoisotopic (exact) mass is 362 g/mol. The number of hydrogen-bond acceptors (Lipinski definition) is 7. The highest BCUT2D eigenvalue weighted by Crippen LogP contribution is 2.49. The van der Waals surface area contributed by atoms with Crippen LogP contribution < -0.4 is 9.47 Å². The first-order valence-electron chi connectivity index (χ1n) is 8.77. The van der Waals surface area contributed by atoms with Crippen LogP contribution in [0.3, 0.4) is 0 Å². The number of hydrogen-bond donors (Lipinski definition) is 0. The number of methoxy groups -OCH3 is 2. The van der Waals surface area contributed by atoms with Gasteiger partial charge in [-0.2, -0.15) is 9.97 Å². The Bertz CT molecular complexity index is 725. The lowest BCUT2D eigenvalue weighted by Crippen LogP contribution is -2.49. The molecule has 1 aliphatic rings. The van der Waals surface area contributed by atoms with Gasteiger partial charge in [-0.15, -0.1) is 0 Å². The Labute approximate surface area is 153 Å². The Balaban J connectivity index is 2.81. The summed E-state index contributed by atoms with van der Waals surface area (Å²) < 4.78 is 10.6. The van der Waals surface area contributed by atoms with Crippen molar-refractivity contribution in [2.45, 2.75) is 58.8 Å². The molecule has 8 nitrogen and oxygen atoms in total. The van der Waals surface area contributed by atoms with Gasteiger partial charge in [-0.25, -0.2) is 9.89 Å². The van der Waals surface area contributed by atoms with Crippen molar-refractivity contribution in [2.75, 3.05) is 14.2 Å². The molecular weight excluding hydrogens is 336 g/mol. The Morgan fingerprint density at radius 3 is 2.00 bits per heavy atom. The lowest BCUT2D eigenvalue weighted by Gasteiger charge is -2.34. The first-order valence-corrected chi connectivity index (χ1v) is 8.77. The number of amides is 2. The van der Waals surface area contributed by atoms with Gasteiger partial charge in [-0.1, -0.05) is 26.7 Å². The van der Waals surface area contributed by atoms with Crippen LogP contribution in [0.5, 0.6) is 11.9 Å². The van der Waals surface area contributed by atoms with E-state index in [1.807, 2.05) is 0 Å². The van der Waals surface area contributed by atoms with Gasteiger partial charge in [0.05, 0.1) is 25.3 Å². The Kier molecular flexibility index (Phi) is 5.94. The highest BCUT2D eigenvalue weighted by atomic mass is 16.5. The number of aliphatic imine (C=N–C) groups is 1. The van der Waals surface area contributed by atoms with Gasteiger partial charge >= 0.3 is 6.01 Å². The third-order valence-electron chi connectivity index (χ3n) is 4.50. The van der Waals surface area contributed by atoms with Crippen molar-refractivity contribution in [1.29, 1.82) is 0 Å². The quantitative estimate of drug-likeness (QED) is 0.772. The second kappa shape index (κ2) is 7.80. The summed E-state index contributed by atoms with van der Waals surface area (Å²) in [6, 6.07) is 0.172. The Hall–Kier alpha value is -2.51. The van der Waals surface area contributed by atoms with Gasteiger partial charge in [0.25, 0.3) is 0 Å². The molecule has 8 heteroatoms. The standard InChI is InChI=1S/C18H26N4O4/c1-7-9-18(10-8-2)14-13(15(25-5)21-17(20-14)26-6)19-16(18)22(11(3)23)12(4)24/h7-10H2,1-6H3. The van der Waals surface area contributed by atoms with Gasteiger partial charge in [0.2, 0.25) is 17.7 Å². The molecule has 26 heavy (non-hydrogen) atoms. The van der Waals surface area contributed by atoms with E-state index in [0.717, 1.165) is 17.7 Å². The maximum absolute atomic E-state index is 12.2. The summed E-state index contributed by atoms with van der Waals surface area (Å²) >= 11 is 0. The minimum Gasteiger partial charge on any atom is -0.479 e. The van der Waals surface area contributed by atoms with E-state index in [2.05, 4.69) is 28.8 Å². The van der Waals surface area contributed by atoms with Crippen molar-refractivity contribution < 1.29 is 19.1 Å². The summed E-state index contributed by atoms with van der Waals surface area (Å²) in [7, 11) is 2.97. The molecule has 1 aromatic heterocycles. The van der Waals surface area contributed by atoms with Gasteiger partial charge < -0.3 is 9.47 Å². The molecule has 0 unspecified atom stereocenters. The molecule has 0 aromatic carbocycles. The average Bonchev–Trinajstić information content (AvgIpc) is 2.88. The number of aromatic nitrogens is 2. The number of rotatable bonds is 6. The number of nitrogens with zero attached hydrogens (tertiary/aromatic N) is 4. The molecule has 1 aliphatic heterocycles. The summed E-state index contributed by atoms with van der Waals surface area (Å²) in [5.74, 6) is -0.0819. The molecular formula is C18H26N4O4. The van der Waals surface area contributed by atoms with E-state index < -0.39 is 5.41 Å². The smallest absolute Gasteiger partial charge is 0.319 e. The predicted molar refractivity (Wildman–Crippen MR) is 96.9 cm³/mol. The molecule has 1 aromatic rings. The minimum atomic E-state index is -0.667.